The van der Waals surface area contributed by atoms with Gasteiger partial charge in [0.15, 0.2) is 11.6 Å². The fraction of sp³-hybridized carbons (Fsp3) is 0. The molecule has 0 bridgehead atoms. The van der Waals surface area contributed by atoms with E-state index in [1.165, 1.54) is 36.4 Å². The first-order valence-corrected chi connectivity index (χ1v) is 9.51. The van der Waals surface area contributed by atoms with E-state index >= 15 is 0 Å². The maximum absolute atomic E-state index is 13.1. The predicted molar refractivity (Wildman–Crippen MR) is 114 cm³/mol. The Kier molecular flexibility index (Phi) is 5.58. The van der Waals surface area contributed by atoms with Crippen molar-refractivity contribution in [2.24, 2.45) is 0 Å². The van der Waals surface area contributed by atoms with Crippen LogP contribution in [0.5, 0.6) is 17.2 Å². The molecule has 0 radical (unpaired) electrons. The third-order valence-electron chi connectivity index (χ3n) is 4.66. The fourth-order valence-corrected chi connectivity index (χ4v) is 3.09. The van der Waals surface area contributed by atoms with Crippen molar-refractivity contribution in [3.05, 3.63) is 125 Å². The molecule has 0 heterocycles. The zero-order valence-electron chi connectivity index (χ0n) is 16.3. The lowest BCUT2D eigenvalue weighted by atomic mass is 10.0. The van der Waals surface area contributed by atoms with Crippen molar-refractivity contribution in [1.82, 2.24) is 0 Å². The molecule has 0 spiro atoms. The average Bonchev–Trinajstić information content (AvgIpc) is 2.79. The van der Waals surface area contributed by atoms with E-state index in [1.54, 1.807) is 60.7 Å². The van der Waals surface area contributed by atoms with Gasteiger partial charge in [-0.15, -0.1) is 0 Å². The number of hydrogen-bond acceptors (Lipinski definition) is 4. The number of carbonyl (C=O) groups is 2. The van der Waals surface area contributed by atoms with Crippen LogP contribution >= 0.6 is 0 Å². The maximum Gasteiger partial charge on any atom is 0.193 e. The molecule has 152 valence electrons. The minimum Gasteiger partial charge on any atom is -0.508 e. The van der Waals surface area contributed by atoms with Crippen LogP contribution in [-0.4, -0.2) is 16.7 Å². The molecule has 0 atom stereocenters. The Balaban J connectivity index is 1.54. The highest BCUT2D eigenvalue weighted by Crippen LogP contribution is 2.25. The number of phenols is 1. The Bertz CT molecular complexity index is 1150. The number of carbonyl (C=O) groups excluding carboxylic acids is 2. The molecule has 0 unspecified atom stereocenters. The average molecular weight is 412 g/mol. The third-order valence-corrected chi connectivity index (χ3v) is 4.66. The molecular formula is C26H17FO4. The molecule has 0 aromatic heterocycles. The van der Waals surface area contributed by atoms with E-state index in [0.29, 0.717) is 33.8 Å². The SMILES string of the molecule is O=C(c1ccc(O)cc1)c1cccc(Oc2cccc(C(=O)c3ccc(F)cc3)c2)c1. The van der Waals surface area contributed by atoms with Gasteiger partial charge in [0, 0.05) is 22.3 Å². The highest BCUT2D eigenvalue weighted by Gasteiger charge is 2.12. The molecule has 5 heteroatoms. The number of benzene rings is 4. The third kappa shape index (κ3) is 4.67. The lowest BCUT2D eigenvalue weighted by Crippen LogP contribution is -2.02. The van der Waals surface area contributed by atoms with Gasteiger partial charge in [0.2, 0.25) is 0 Å². The first-order valence-electron chi connectivity index (χ1n) is 9.51. The van der Waals surface area contributed by atoms with Crippen LogP contribution in [0.4, 0.5) is 4.39 Å². The molecule has 0 saturated carbocycles. The summed E-state index contributed by atoms with van der Waals surface area (Å²) in [6, 6.07) is 24.7. The molecule has 1 N–H and O–H groups in total. The second-order valence-electron chi connectivity index (χ2n) is 6.87. The summed E-state index contributed by atoms with van der Waals surface area (Å²) in [5.74, 6) is 0.102. The molecule has 0 amide bonds. The van der Waals surface area contributed by atoms with Crippen molar-refractivity contribution < 1.29 is 23.8 Å². The summed E-state index contributed by atoms with van der Waals surface area (Å²) in [4.78, 5) is 25.3. The van der Waals surface area contributed by atoms with Crippen LogP contribution in [-0.2, 0) is 0 Å². The second-order valence-corrected chi connectivity index (χ2v) is 6.87. The lowest BCUT2D eigenvalue weighted by molar-refractivity contribution is 0.103. The Morgan fingerprint density at radius 2 is 1.06 bits per heavy atom. The Morgan fingerprint density at radius 3 is 1.55 bits per heavy atom. The summed E-state index contributed by atoms with van der Waals surface area (Å²) < 4.78 is 19.0. The molecule has 4 aromatic rings. The van der Waals surface area contributed by atoms with Crippen molar-refractivity contribution in [3.8, 4) is 17.2 Å². The van der Waals surface area contributed by atoms with Crippen molar-refractivity contribution in [1.29, 1.82) is 0 Å². The molecule has 4 nitrogen and oxygen atoms in total. The van der Waals surface area contributed by atoms with Crippen LogP contribution < -0.4 is 4.74 Å². The van der Waals surface area contributed by atoms with E-state index in [2.05, 4.69) is 0 Å². The van der Waals surface area contributed by atoms with Gasteiger partial charge in [-0.05, 0) is 72.8 Å². The Labute approximate surface area is 178 Å². The van der Waals surface area contributed by atoms with E-state index in [0.717, 1.165) is 0 Å². The minimum absolute atomic E-state index is 0.0868. The van der Waals surface area contributed by atoms with Gasteiger partial charge < -0.3 is 9.84 Å². The zero-order chi connectivity index (χ0) is 21.8. The van der Waals surface area contributed by atoms with E-state index in [-0.39, 0.29) is 17.3 Å². The van der Waals surface area contributed by atoms with E-state index in [4.69, 9.17) is 4.74 Å². The lowest BCUT2D eigenvalue weighted by Gasteiger charge is -2.09. The van der Waals surface area contributed by atoms with Crippen LogP contribution in [0.1, 0.15) is 31.8 Å². The number of hydrogen-bond donors (Lipinski definition) is 1. The Hall–Kier alpha value is -4.25. The topological polar surface area (TPSA) is 63.6 Å². The highest BCUT2D eigenvalue weighted by atomic mass is 19.1. The number of aromatic hydroxyl groups is 1. The summed E-state index contributed by atoms with van der Waals surface area (Å²) in [6.07, 6.45) is 0. The van der Waals surface area contributed by atoms with Crippen molar-refractivity contribution in [2.75, 3.05) is 0 Å². The van der Waals surface area contributed by atoms with Gasteiger partial charge in [0.05, 0.1) is 0 Å². The first kappa shape index (κ1) is 20.0. The van der Waals surface area contributed by atoms with E-state index < -0.39 is 5.82 Å². The maximum atomic E-state index is 13.1. The quantitative estimate of drug-likeness (QED) is 0.408. The molecular weight excluding hydrogens is 395 g/mol. The molecule has 0 aliphatic carbocycles. The largest absolute Gasteiger partial charge is 0.508 e. The number of ether oxygens (including phenoxy) is 1. The molecule has 4 aromatic carbocycles. The number of ketones is 2. The molecule has 0 fully saturated rings. The standard InChI is InChI=1S/C26H17FO4/c27-21-11-7-17(8-12-21)25(29)19-3-1-5-23(15-19)31-24-6-2-4-20(16-24)26(30)18-9-13-22(28)14-10-18/h1-16,28H. The zero-order valence-corrected chi connectivity index (χ0v) is 16.3. The molecule has 0 aliphatic rings. The Morgan fingerprint density at radius 1 is 0.613 bits per heavy atom. The highest BCUT2D eigenvalue weighted by molar-refractivity contribution is 6.09. The van der Waals surface area contributed by atoms with Gasteiger partial charge in [0.25, 0.3) is 0 Å². The van der Waals surface area contributed by atoms with Gasteiger partial charge >= 0.3 is 0 Å². The second kappa shape index (κ2) is 8.63. The smallest absolute Gasteiger partial charge is 0.193 e. The van der Waals surface area contributed by atoms with Crippen LogP contribution in [0.3, 0.4) is 0 Å². The summed E-state index contributed by atoms with van der Waals surface area (Å²) in [5, 5.41) is 9.39. The number of rotatable bonds is 6. The van der Waals surface area contributed by atoms with Crippen LogP contribution in [0.25, 0.3) is 0 Å². The minimum atomic E-state index is -0.407. The first-order chi connectivity index (χ1) is 15.0. The van der Waals surface area contributed by atoms with Crippen LogP contribution in [0, 0.1) is 5.82 Å². The summed E-state index contributed by atoms with van der Waals surface area (Å²) in [7, 11) is 0. The van der Waals surface area contributed by atoms with Crippen molar-refractivity contribution in [2.45, 2.75) is 0 Å². The normalized spacial score (nSPS) is 10.5. The molecule has 4 rings (SSSR count). The molecule has 0 aliphatic heterocycles. The molecule has 31 heavy (non-hydrogen) atoms. The van der Waals surface area contributed by atoms with E-state index in [9.17, 15) is 19.1 Å². The number of halogens is 1. The molecule has 0 saturated heterocycles. The van der Waals surface area contributed by atoms with Gasteiger partial charge in [-0.3, -0.25) is 9.59 Å². The van der Waals surface area contributed by atoms with Gasteiger partial charge in [-0.2, -0.15) is 0 Å². The van der Waals surface area contributed by atoms with Gasteiger partial charge in [-0.25, -0.2) is 4.39 Å². The van der Waals surface area contributed by atoms with Gasteiger partial charge in [-0.1, -0.05) is 24.3 Å². The van der Waals surface area contributed by atoms with Crippen molar-refractivity contribution in [3.63, 3.8) is 0 Å². The van der Waals surface area contributed by atoms with Crippen LogP contribution in [0.15, 0.2) is 97.1 Å². The fourth-order valence-electron chi connectivity index (χ4n) is 3.09. The van der Waals surface area contributed by atoms with Crippen molar-refractivity contribution >= 4 is 11.6 Å². The van der Waals surface area contributed by atoms with Crippen LogP contribution in [0.2, 0.25) is 0 Å². The summed E-state index contributed by atoms with van der Waals surface area (Å²) in [6.45, 7) is 0. The van der Waals surface area contributed by atoms with Gasteiger partial charge in [0.1, 0.15) is 23.1 Å². The monoisotopic (exact) mass is 412 g/mol. The summed E-state index contributed by atoms with van der Waals surface area (Å²) >= 11 is 0. The predicted octanol–water partition coefficient (Wildman–Crippen LogP) is 5.79. The summed E-state index contributed by atoms with van der Waals surface area (Å²) in [5.41, 5.74) is 1.66. The van der Waals surface area contributed by atoms with E-state index in [1.807, 2.05) is 0 Å². The number of phenolic OH excluding ortho intramolecular Hbond substituents is 1.